The van der Waals surface area contributed by atoms with Gasteiger partial charge in [0.05, 0.1) is 6.42 Å². The lowest BCUT2D eigenvalue weighted by atomic mass is 10.1. The fourth-order valence-electron chi connectivity index (χ4n) is 1.69. The molecule has 0 aromatic heterocycles. The van der Waals surface area contributed by atoms with Gasteiger partial charge < -0.3 is 5.32 Å². The lowest BCUT2D eigenvalue weighted by Gasteiger charge is -2.13. The van der Waals surface area contributed by atoms with Crippen molar-refractivity contribution in [1.29, 1.82) is 0 Å². The smallest absolute Gasteiger partial charge is 0.224 e. The highest BCUT2D eigenvalue weighted by Gasteiger charge is 2.13. The fraction of sp³-hybridized carbons (Fsp3) is 0.462. The van der Waals surface area contributed by atoms with Gasteiger partial charge >= 0.3 is 0 Å². The van der Waals surface area contributed by atoms with Gasteiger partial charge in [0.1, 0.15) is 5.82 Å². The summed E-state index contributed by atoms with van der Waals surface area (Å²) >= 11 is 5.85. The summed E-state index contributed by atoms with van der Waals surface area (Å²) in [6.45, 7) is 3.99. The standard InChI is InChI=1S/C13H17ClFNO/c1-3-5-9(2)16-13(17)8-10-11(14)6-4-7-12(10)15/h4,6-7,9H,3,5,8H2,1-2H3,(H,16,17). The minimum Gasteiger partial charge on any atom is -0.353 e. The number of carbonyl (C=O) groups excluding carboxylic acids is 1. The molecule has 0 heterocycles. The highest BCUT2D eigenvalue weighted by Crippen LogP contribution is 2.19. The third-order valence-electron chi connectivity index (χ3n) is 2.53. The van der Waals surface area contributed by atoms with Crippen LogP contribution in [-0.2, 0) is 11.2 Å². The summed E-state index contributed by atoms with van der Waals surface area (Å²) in [5, 5.41) is 3.11. The average molecular weight is 258 g/mol. The number of amides is 1. The number of benzene rings is 1. The third kappa shape index (κ3) is 4.35. The summed E-state index contributed by atoms with van der Waals surface area (Å²) < 4.78 is 13.4. The van der Waals surface area contributed by atoms with Gasteiger partial charge in [-0.1, -0.05) is 31.0 Å². The Morgan fingerprint density at radius 1 is 1.53 bits per heavy atom. The minimum absolute atomic E-state index is 0.0143. The van der Waals surface area contributed by atoms with Crippen LogP contribution in [0.4, 0.5) is 4.39 Å². The predicted octanol–water partition coefficient (Wildman–Crippen LogP) is 3.33. The van der Waals surface area contributed by atoms with E-state index >= 15 is 0 Å². The van der Waals surface area contributed by atoms with Crippen LogP contribution in [0.25, 0.3) is 0 Å². The second-order valence-electron chi connectivity index (χ2n) is 4.13. The molecule has 0 fully saturated rings. The van der Waals surface area contributed by atoms with Crippen LogP contribution in [0.2, 0.25) is 5.02 Å². The predicted molar refractivity (Wildman–Crippen MR) is 67.6 cm³/mol. The zero-order valence-electron chi connectivity index (χ0n) is 10.1. The summed E-state index contributed by atoms with van der Waals surface area (Å²) in [6.07, 6.45) is 1.90. The highest BCUT2D eigenvalue weighted by atomic mass is 35.5. The van der Waals surface area contributed by atoms with Crippen LogP contribution in [0.3, 0.4) is 0 Å². The number of hydrogen-bond acceptors (Lipinski definition) is 1. The van der Waals surface area contributed by atoms with Crippen LogP contribution in [0.1, 0.15) is 32.3 Å². The van der Waals surface area contributed by atoms with Gasteiger partial charge in [-0.2, -0.15) is 0 Å². The Hall–Kier alpha value is -1.09. The van der Waals surface area contributed by atoms with E-state index in [4.69, 9.17) is 11.6 Å². The van der Waals surface area contributed by atoms with Crippen LogP contribution in [0.5, 0.6) is 0 Å². The summed E-state index contributed by atoms with van der Waals surface area (Å²) in [6, 6.07) is 4.53. The topological polar surface area (TPSA) is 29.1 Å². The van der Waals surface area contributed by atoms with E-state index in [1.807, 2.05) is 6.92 Å². The molecular weight excluding hydrogens is 241 g/mol. The van der Waals surface area contributed by atoms with Crippen LogP contribution in [0, 0.1) is 5.82 Å². The molecule has 1 amide bonds. The molecular formula is C13H17ClFNO. The van der Waals surface area contributed by atoms with Gasteiger partial charge in [0, 0.05) is 16.6 Å². The molecule has 1 atom stereocenters. The van der Waals surface area contributed by atoms with Gasteiger partial charge in [0.25, 0.3) is 0 Å². The maximum atomic E-state index is 13.4. The Morgan fingerprint density at radius 2 is 2.24 bits per heavy atom. The van der Waals surface area contributed by atoms with E-state index in [0.29, 0.717) is 5.02 Å². The summed E-state index contributed by atoms with van der Waals surface area (Å²) in [5.74, 6) is -0.631. The molecule has 17 heavy (non-hydrogen) atoms. The third-order valence-corrected chi connectivity index (χ3v) is 2.88. The Bertz CT molecular complexity index is 375. The number of hydrogen-bond donors (Lipinski definition) is 1. The SMILES string of the molecule is CCCC(C)NC(=O)Cc1c(F)cccc1Cl. The lowest BCUT2D eigenvalue weighted by molar-refractivity contribution is -0.121. The molecule has 0 radical (unpaired) electrons. The Labute approximate surface area is 106 Å². The molecule has 1 rings (SSSR count). The molecule has 1 aromatic carbocycles. The van der Waals surface area contributed by atoms with E-state index < -0.39 is 5.82 Å². The van der Waals surface area contributed by atoms with Crippen LogP contribution >= 0.6 is 11.6 Å². The van der Waals surface area contributed by atoms with E-state index in [9.17, 15) is 9.18 Å². The van der Waals surface area contributed by atoms with Gasteiger partial charge in [-0.25, -0.2) is 4.39 Å². The number of carbonyl (C=O) groups is 1. The van der Waals surface area contributed by atoms with Crippen LogP contribution in [0.15, 0.2) is 18.2 Å². The molecule has 0 saturated carbocycles. The maximum absolute atomic E-state index is 13.4. The molecule has 0 spiro atoms. The highest BCUT2D eigenvalue weighted by molar-refractivity contribution is 6.31. The van der Waals surface area contributed by atoms with Crippen molar-refractivity contribution >= 4 is 17.5 Å². The first-order valence-corrected chi connectivity index (χ1v) is 6.14. The quantitative estimate of drug-likeness (QED) is 0.861. The second kappa shape index (κ2) is 6.60. The fourth-order valence-corrected chi connectivity index (χ4v) is 1.92. The second-order valence-corrected chi connectivity index (χ2v) is 4.54. The van der Waals surface area contributed by atoms with E-state index in [-0.39, 0.29) is 23.9 Å². The Morgan fingerprint density at radius 3 is 2.82 bits per heavy atom. The van der Waals surface area contributed by atoms with Crippen molar-refractivity contribution in [3.63, 3.8) is 0 Å². The molecule has 0 aliphatic carbocycles. The molecule has 0 aliphatic rings. The molecule has 1 unspecified atom stereocenters. The molecule has 0 saturated heterocycles. The zero-order chi connectivity index (χ0) is 12.8. The van der Waals surface area contributed by atoms with Crippen LogP contribution < -0.4 is 5.32 Å². The molecule has 4 heteroatoms. The van der Waals surface area contributed by atoms with Crippen molar-refractivity contribution < 1.29 is 9.18 Å². The largest absolute Gasteiger partial charge is 0.353 e. The van der Waals surface area contributed by atoms with Gasteiger partial charge in [-0.05, 0) is 25.5 Å². The zero-order valence-corrected chi connectivity index (χ0v) is 10.9. The molecule has 2 nitrogen and oxygen atoms in total. The normalized spacial score (nSPS) is 12.2. The number of halogens is 2. The first-order chi connectivity index (χ1) is 8.04. The Balaban J connectivity index is 2.62. The molecule has 0 bridgehead atoms. The summed E-state index contributed by atoms with van der Waals surface area (Å²) in [5.41, 5.74) is 0.260. The van der Waals surface area contributed by atoms with E-state index in [0.717, 1.165) is 12.8 Å². The van der Waals surface area contributed by atoms with E-state index in [1.165, 1.54) is 12.1 Å². The maximum Gasteiger partial charge on any atom is 0.224 e. The number of rotatable bonds is 5. The van der Waals surface area contributed by atoms with Gasteiger partial charge in [-0.3, -0.25) is 4.79 Å². The average Bonchev–Trinajstić information content (AvgIpc) is 2.24. The van der Waals surface area contributed by atoms with Crippen molar-refractivity contribution in [3.05, 3.63) is 34.6 Å². The first-order valence-electron chi connectivity index (χ1n) is 5.76. The molecule has 94 valence electrons. The van der Waals surface area contributed by atoms with E-state index in [2.05, 4.69) is 12.2 Å². The minimum atomic E-state index is -0.434. The van der Waals surface area contributed by atoms with Gasteiger partial charge in [0.15, 0.2) is 0 Å². The van der Waals surface area contributed by atoms with E-state index in [1.54, 1.807) is 6.07 Å². The Kier molecular flexibility index (Phi) is 5.42. The lowest BCUT2D eigenvalue weighted by Crippen LogP contribution is -2.33. The van der Waals surface area contributed by atoms with Gasteiger partial charge in [-0.15, -0.1) is 0 Å². The van der Waals surface area contributed by atoms with Crippen molar-refractivity contribution in [2.24, 2.45) is 0 Å². The molecule has 0 aliphatic heterocycles. The molecule has 1 N–H and O–H groups in total. The summed E-state index contributed by atoms with van der Waals surface area (Å²) in [7, 11) is 0. The van der Waals surface area contributed by atoms with Crippen molar-refractivity contribution in [1.82, 2.24) is 5.32 Å². The monoisotopic (exact) mass is 257 g/mol. The van der Waals surface area contributed by atoms with Crippen molar-refractivity contribution in [3.8, 4) is 0 Å². The number of nitrogens with one attached hydrogen (secondary N) is 1. The van der Waals surface area contributed by atoms with Crippen molar-refractivity contribution in [2.75, 3.05) is 0 Å². The van der Waals surface area contributed by atoms with Gasteiger partial charge in [0.2, 0.25) is 5.91 Å². The summed E-state index contributed by atoms with van der Waals surface area (Å²) in [4.78, 5) is 11.7. The first kappa shape index (κ1) is 14.0. The van der Waals surface area contributed by atoms with Crippen LogP contribution in [-0.4, -0.2) is 11.9 Å². The van der Waals surface area contributed by atoms with Crippen molar-refractivity contribution in [2.45, 2.75) is 39.2 Å². The molecule has 1 aromatic rings.